The molecule has 0 aliphatic rings. The van der Waals surface area contributed by atoms with E-state index in [0.29, 0.717) is 5.69 Å². The molecule has 0 aliphatic carbocycles. The number of hydrogen-bond acceptors (Lipinski definition) is 2. The molecule has 0 bridgehead atoms. The molecule has 0 saturated carbocycles. The molecule has 2 aromatic rings. The van der Waals surface area contributed by atoms with Gasteiger partial charge in [0.1, 0.15) is 0 Å². The second kappa shape index (κ2) is 7.04. The summed E-state index contributed by atoms with van der Waals surface area (Å²) >= 11 is 2.87. The van der Waals surface area contributed by atoms with Crippen LogP contribution < -0.4 is 10.6 Å². The van der Waals surface area contributed by atoms with E-state index in [9.17, 15) is 18.0 Å². The summed E-state index contributed by atoms with van der Waals surface area (Å²) in [4.78, 5) is 11.8. The third-order valence-corrected chi connectivity index (χ3v) is 3.72. The van der Waals surface area contributed by atoms with Crippen LogP contribution in [0.4, 0.5) is 24.5 Å². The lowest BCUT2D eigenvalue weighted by Gasteiger charge is -2.12. The first-order chi connectivity index (χ1) is 10.8. The first-order valence-corrected chi connectivity index (χ1v) is 7.52. The molecule has 7 heteroatoms. The van der Waals surface area contributed by atoms with E-state index in [1.165, 1.54) is 12.1 Å². The largest absolute Gasteiger partial charge is 0.417 e. The van der Waals surface area contributed by atoms with Crippen molar-refractivity contribution in [1.82, 2.24) is 0 Å². The minimum atomic E-state index is -4.46. The molecule has 2 N–H and O–H groups in total. The summed E-state index contributed by atoms with van der Waals surface area (Å²) in [7, 11) is 0. The average Bonchev–Trinajstić information content (AvgIpc) is 2.45. The molecule has 0 radical (unpaired) electrons. The Morgan fingerprint density at radius 2 is 1.87 bits per heavy atom. The fourth-order valence-corrected chi connectivity index (χ4v) is 2.43. The number of amides is 1. The van der Waals surface area contributed by atoms with Gasteiger partial charge in [-0.25, -0.2) is 0 Å². The highest BCUT2D eigenvalue weighted by atomic mass is 79.9. The fourth-order valence-electron chi connectivity index (χ4n) is 1.96. The Morgan fingerprint density at radius 3 is 2.52 bits per heavy atom. The van der Waals surface area contributed by atoms with Crippen molar-refractivity contribution >= 4 is 33.2 Å². The van der Waals surface area contributed by atoms with Crippen molar-refractivity contribution < 1.29 is 18.0 Å². The Morgan fingerprint density at radius 1 is 1.13 bits per heavy atom. The average molecular weight is 387 g/mol. The number of alkyl halides is 3. The number of halogens is 4. The van der Waals surface area contributed by atoms with Gasteiger partial charge in [0.2, 0.25) is 5.91 Å². The molecule has 2 aromatic carbocycles. The van der Waals surface area contributed by atoms with Gasteiger partial charge in [0.05, 0.1) is 12.1 Å². The summed E-state index contributed by atoms with van der Waals surface area (Å²) in [5.74, 6) is -0.341. The van der Waals surface area contributed by atoms with Gasteiger partial charge in [-0.3, -0.25) is 4.79 Å². The molecular formula is C16H14BrF3N2O. The zero-order valence-electron chi connectivity index (χ0n) is 12.2. The molecule has 2 rings (SSSR count). The highest BCUT2D eigenvalue weighted by Gasteiger charge is 2.33. The van der Waals surface area contributed by atoms with E-state index < -0.39 is 11.7 Å². The van der Waals surface area contributed by atoms with Crippen molar-refractivity contribution in [2.24, 2.45) is 0 Å². The molecule has 0 spiro atoms. The SMILES string of the molecule is Cc1cccc(NC(=O)CNc2ccc(Br)c(C(F)(F)F)c2)c1. The van der Waals surface area contributed by atoms with Crippen molar-refractivity contribution in [2.75, 3.05) is 17.2 Å². The highest BCUT2D eigenvalue weighted by molar-refractivity contribution is 9.10. The minimum Gasteiger partial charge on any atom is -0.376 e. The molecule has 0 heterocycles. The maximum atomic E-state index is 12.8. The van der Waals surface area contributed by atoms with Gasteiger partial charge in [-0.15, -0.1) is 0 Å². The summed E-state index contributed by atoms with van der Waals surface area (Å²) in [6.45, 7) is 1.77. The lowest BCUT2D eigenvalue weighted by Crippen LogP contribution is -2.22. The second-order valence-electron chi connectivity index (χ2n) is 4.96. The zero-order chi connectivity index (χ0) is 17.0. The molecule has 1 amide bonds. The van der Waals surface area contributed by atoms with Crippen molar-refractivity contribution in [1.29, 1.82) is 0 Å². The number of anilines is 2. The Labute approximate surface area is 140 Å². The number of nitrogens with one attached hydrogen (secondary N) is 2. The van der Waals surface area contributed by atoms with Gasteiger partial charge in [-0.2, -0.15) is 13.2 Å². The van der Waals surface area contributed by atoms with Gasteiger partial charge in [-0.05, 0) is 42.8 Å². The maximum Gasteiger partial charge on any atom is 0.417 e. The Balaban J connectivity index is 1.99. The van der Waals surface area contributed by atoms with Crippen LogP contribution in [0.3, 0.4) is 0 Å². The molecule has 122 valence electrons. The standard InChI is InChI=1S/C16H14BrF3N2O/c1-10-3-2-4-12(7-10)22-15(23)9-21-11-5-6-14(17)13(8-11)16(18,19)20/h2-8,21H,9H2,1H3,(H,22,23). The lowest BCUT2D eigenvalue weighted by atomic mass is 10.2. The van der Waals surface area contributed by atoms with Crippen molar-refractivity contribution in [3.8, 4) is 0 Å². The number of aryl methyl sites for hydroxylation is 1. The van der Waals surface area contributed by atoms with Gasteiger partial charge in [-0.1, -0.05) is 28.1 Å². The van der Waals surface area contributed by atoms with Crippen LogP contribution in [0.15, 0.2) is 46.9 Å². The zero-order valence-corrected chi connectivity index (χ0v) is 13.8. The van der Waals surface area contributed by atoms with E-state index in [-0.39, 0.29) is 22.6 Å². The van der Waals surface area contributed by atoms with Crippen LogP contribution in [0.1, 0.15) is 11.1 Å². The first kappa shape index (κ1) is 17.3. The van der Waals surface area contributed by atoms with Gasteiger partial charge in [0.15, 0.2) is 0 Å². The molecular weight excluding hydrogens is 373 g/mol. The monoisotopic (exact) mass is 386 g/mol. The quantitative estimate of drug-likeness (QED) is 0.790. The fraction of sp³-hybridized carbons (Fsp3) is 0.188. The van der Waals surface area contributed by atoms with Crippen molar-refractivity contribution in [2.45, 2.75) is 13.1 Å². The van der Waals surface area contributed by atoms with Crippen LogP contribution in [0.25, 0.3) is 0 Å². The van der Waals surface area contributed by atoms with E-state index >= 15 is 0 Å². The van der Waals surface area contributed by atoms with Crippen molar-refractivity contribution in [3.63, 3.8) is 0 Å². The lowest BCUT2D eigenvalue weighted by molar-refractivity contribution is -0.138. The Bertz CT molecular complexity index is 717. The van der Waals surface area contributed by atoms with Crippen molar-refractivity contribution in [3.05, 3.63) is 58.1 Å². The highest BCUT2D eigenvalue weighted by Crippen LogP contribution is 2.36. The van der Waals surface area contributed by atoms with Crippen LogP contribution in [-0.4, -0.2) is 12.5 Å². The Kier molecular flexibility index (Phi) is 5.30. The van der Waals surface area contributed by atoms with Crippen LogP contribution in [0, 0.1) is 6.92 Å². The van der Waals surface area contributed by atoms with E-state index in [1.807, 2.05) is 19.1 Å². The summed E-state index contributed by atoms with van der Waals surface area (Å²) in [6, 6.07) is 11.0. The molecule has 0 unspecified atom stereocenters. The minimum absolute atomic E-state index is 0.0419. The van der Waals surface area contributed by atoms with E-state index in [1.54, 1.807) is 12.1 Å². The molecule has 0 aromatic heterocycles. The molecule has 0 atom stereocenters. The van der Waals surface area contributed by atoms with E-state index in [0.717, 1.165) is 11.6 Å². The smallest absolute Gasteiger partial charge is 0.376 e. The third kappa shape index (κ3) is 4.99. The molecule has 3 nitrogen and oxygen atoms in total. The topological polar surface area (TPSA) is 41.1 Å². The predicted octanol–water partition coefficient (Wildman–Crippen LogP) is 4.83. The van der Waals surface area contributed by atoms with Crippen LogP contribution in [0.5, 0.6) is 0 Å². The number of hydrogen-bond donors (Lipinski definition) is 2. The molecule has 0 aliphatic heterocycles. The predicted molar refractivity (Wildman–Crippen MR) is 87.4 cm³/mol. The van der Waals surface area contributed by atoms with Gasteiger partial charge < -0.3 is 10.6 Å². The second-order valence-corrected chi connectivity index (χ2v) is 5.82. The Hall–Kier alpha value is -2.02. The van der Waals surface area contributed by atoms with Crippen LogP contribution in [0.2, 0.25) is 0 Å². The molecule has 0 saturated heterocycles. The summed E-state index contributed by atoms with van der Waals surface area (Å²) < 4.78 is 38.4. The first-order valence-electron chi connectivity index (χ1n) is 6.73. The third-order valence-electron chi connectivity index (χ3n) is 3.03. The molecule has 23 heavy (non-hydrogen) atoms. The number of rotatable bonds is 4. The summed E-state index contributed by atoms with van der Waals surface area (Å²) in [5, 5.41) is 5.36. The van der Waals surface area contributed by atoms with Gasteiger partial charge in [0, 0.05) is 15.8 Å². The summed E-state index contributed by atoms with van der Waals surface area (Å²) in [5.41, 5.74) is 1.07. The van der Waals surface area contributed by atoms with Crippen LogP contribution >= 0.6 is 15.9 Å². The number of carbonyl (C=O) groups excluding carboxylic acids is 1. The van der Waals surface area contributed by atoms with E-state index in [2.05, 4.69) is 26.6 Å². The van der Waals surface area contributed by atoms with Gasteiger partial charge in [0.25, 0.3) is 0 Å². The molecule has 0 fully saturated rings. The van der Waals surface area contributed by atoms with E-state index in [4.69, 9.17) is 0 Å². The number of benzene rings is 2. The normalized spacial score (nSPS) is 11.2. The number of carbonyl (C=O) groups is 1. The maximum absolute atomic E-state index is 12.8. The van der Waals surface area contributed by atoms with Gasteiger partial charge >= 0.3 is 6.18 Å². The van der Waals surface area contributed by atoms with Crippen LogP contribution in [-0.2, 0) is 11.0 Å². The summed E-state index contributed by atoms with van der Waals surface area (Å²) in [6.07, 6.45) is -4.46.